The molecule has 0 aliphatic heterocycles. The Balaban J connectivity index is -0.0000000246. The van der Waals surface area contributed by atoms with Gasteiger partial charge in [0.25, 0.3) is 0 Å². The van der Waals surface area contributed by atoms with Gasteiger partial charge in [-0.05, 0) is 41.8 Å². The first-order valence-corrected chi connectivity index (χ1v) is 6.39. The maximum Gasteiger partial charge on any atom is 0.126 e. The summed E-state index contributed by atoms with van der Waals surface area (Å²) in [5.41, 5.74) is 9.00. The third kappa shape index (κ3) is 5670. The van der Waals surface area contributed by atoms with Crippen LogP contribution < -0.4 is 11.5 Å². The molecule has 0 heterocycles. The number of carbonyl (C=O) groups is 2. The zero-order valence-corrected chi connectivity index (χ0v) is 14.4. The van der Waals surface area contributed by atoms with E-state index in [4.69, 9.17) is 0 Å². The van der Waals surface area contributed by atoms with Crippen molar-refractivity contribution in [2.75, 3.05) is 14.1 Å². The lowest BCUT2D eigenvalue weighted by Gasteiger charge is -1.56. The summed E-state index contributed by atoms with van der Waals surface area (Å²) in [6.07, 6.45) is 2.50. The molecule has 4 nitrogen and oxygen atoms in total. The number of nitrogens with two attached hydrogens (primary N) is 2. The summed E-state index contributed by atoms with van der Waals surface area (Å²) < 4.78 is 0. The van der Waals surface area contributed by atoms with E-state index in [9.17, 15) is 9.59 Å². The first kappa shape index (κ1) is 36.0. The first-order chi connectivity index (χ1) is 8.29. The van der Waals surface area contributed by atoms with Crippen LogP contribution in [0.2, 0.25) is 0 Å². The molecule has 0 unspecified atom stereocenters. The van der Waals surface area contributed by atoms with Gasteiger partial charge >= 0.3 is 0 Å². The predicted molar refractivity (Wildman–Crippen MR) is 84.9 cm³/mol. The van der Waals surface area contributed by atoms with Crippen LogP contribution in [0.5, 0.6) is 0 Å². The van der Waals surface area contributed by atoms with Crippen molar-refractivity contribution in [1.82, 2.24) is 0 Å². The highest BCUT2D eigenvalue weighted by Crippen LogP contribution is 1.56. The molecule has 0 amide bonds. The summed E-state index contributed by atoms with van der Waals surface area (Å²) >= 11 is 0. The first-order valence-electron chi connectivity index (χ1n) is 6.39. The van der Waals surface area contributed by atoms with Gasteiger partial charge < -0.3 is 21.1 Å². The molecule has 0 saturated heterocycles. The summed E-state index contributed by atoms with van der Waals surface area (Å²) in [6, 6.07) is 0. The number of hydrogen-bond acceptors (Lipinski definition) is 4. The largest absolute Gasteiger partial charge is 0.333 e. The molecule has 18 heavy (non-hydrogen) atoms. The van der Waals surface area contributed by atoms with Crippen LogP contribution >= 0.6 is 0 Å². The molecule has 0 spiro atoms. The maximum absolute atomic E-state index is 9.44. The lowest BCUT2D eigenvalue weighted by atomic mass is 10.6. The van der Waals surface area contributed by atoms with Crippen LogP contribution in [-0.2, 0) is 9.59 Å². The molecule has 4 N–H and O–H groups in total. The topological polar surface area (TPSA) is 86.2 Å². The SMILES string of the molecule is CC(C)=O.CC(C)=O.CCC.CCC.CN.CN. The normalized spacial score (nSPS) is 5.56. The second-order valence-corrected chi connectivity index (χ2v) is 3.23. The van der Waals surface area contributed by atoms with E-state index >= 15 is 0 Å². The van der Waals surface area contributed by atoms with E-state index in [1.54, 1.807) is 0 Å². The molecule has 4 heteroatoms. The summed E-state index contributed by atoms with van der Waals surface area (Å²) in [5.74, 6) is 0.333. The summed E-state index contributed by atoms with van der Waals surface area (Å²) in [7, 11) is 3.00. The fraction of sp³-hybridized carbons (Fsp3) is 0.857. The van der Waals surface area contributed by atoms with Gasteiger partial charge in [-0.3, -0.25) is 0 Å². The third-order valence-corrected chi connectivity index (χ3v) is 0. The van der Waals surface area contributed by atoms with Gasteiger partial charge in [-0.2, -0.15) is 0 Å². The Morgan fingerprint density at radius 3 is 0.611 bits per heavy atom. The van der Waals surface area contributed by atoms with E-state index in [2.05, 4.69) is 39.2 Å². The number of ketones is 2. The number of Topliss-reactive ketones (excluding diaryl/α,β-unsaturated/α-hetero) is 2. The maximum atomic E-state index is 9.44. The van der Waals surface area contributed by atoms with Crippen LogP contribution in [0.25, 0.3) is 0 Å². The Hall–Kier alpha value is -0.740. The molecule has 0 atom stereocenters. The van der Waals surface area contributed by atoms with Crippen molar-refractivity contribution >= 4 is 11.6 Å². The molecule has 0 aromatic rings. The van der Waals surface area contributed by atoms with Gasteiger partial charge in [-0.25, -0.2) is 0 Å². The van der Waals surface area contributed by atoms with Crippen molar-refractivity contribution in [1.29, 1.82) is 0 Å². The minimum Gasteiger partial charge on any atom is -0.333 e. The lowest BCUT2D eigenvalue weighted by molar-refractivity contribution is -0.115. The van der Waals surface area contributed by atoms with Crippen molar-refractivity contribution in [2.24, 2.45) is 11.5 Å². The number of rotatable bonds is 0. The fourth-order valence-corrected chi connectivity index (χ4v) is 0. The molecule has 0 aliphatic carbocycles. The Morgan fingerprint density at radius 1 is 0.611 bits per heavy atom. The summed E-state index contributed by atoms with van der Waals surface area (Å²) in [5, 5.41) is 0. The highest BCUT2D eigenvalue weighted by molar-refractivity contribution is 5.72. The van der Waals surface area contributed by atoms with Gasteiger partial charge in [-0.1, -0.05) is 40.5 Å². The smallest absolute Gasteiger partial charge is 0.126 e. The Morgan fingerprint density at radius 2 is 0.611 bits per heavy atom. The molecule has 0 fully saturated rings. The van der Waals surface area contributed by atoms with Gasteiger partial charge in [0.1, 0.15) is 11.6 Å². The highest BCUT2D eigenvalue weighted by atomic mass is 16.1. The Kier molecular flexibility index (Phi) is 144. The number of carbonyl (C=O) groups excluding carboxylic acids is 2. The van der Waals surface area contributed by atoms with Crippen LogP contribution in [0.1, 0.15) is 68.2 Å². The van der Waals surface area contributed by atoms with Crippen molar-refractivity contribution in [3.63, 3.8) is 0 Å². The minimum absolute atomic E-state index is 0.167. The van der Waals surface area contributed by atoms with E-state index in [0.717, 1.165) is 0 Å². The Labute approximate surface area is 116 Å². The second kappa shape index (κ2) is 71.8. The number of hydrogen-bond donors (Lipinski definition) is 2. The van der Waals surface area contributed by atoms with Crippen LogP contribution in [0.3, 0.4) is 0 Å². The predicted octanol–water partition coefficient (Wildman–Crippen LogP) is 3.17. The monoisotopic (exact) mass is 266 g/mol. The molecule has 0 aliphatic rings. The van der Waals surface area contributed by atoms with Crippen molar-refractivity contribution in [3.05, 3.63) is 0 Å². The van der Waals surface area contributed by atoms with Gasteiger partial charge in [0.05, 0.1) is 0 Å². The quantitative estimate of drug-likeness (QED) is 0.705. The van der Waals surface area contributed by atoms with E-state index in [-0.39, 0.29) is 11.6 Å². The van der Waals surface area contributed by atoms with Crippen molar-refractivity contribution in [2.45, 2.75) is 68.2 Å². The molecule has 0 saturated carbocycles. The molecule has 0 bridgehead atoms. The van der Waals surface area contributed by atoms with Crippen LogP contribution in [0.4, 0.5) is 0 Å². The van der Waals surface area contributed by atoms with E-state index in [1.165, 1.54) is 54.6 Å². The van der Waals surface area contributed by atoms with Crippen molar-refractivity contribution < 1.29 is 9.59 Å². The molecule has 116 valence electrons. The van der Waals surface area contributed by atoms with Gasteiger partial charge in [0, 0.05) is 0 Å². The lowest BCUT2D eigenvalue weighted by Crippen LogP contribution is -1.69. The average Bonchev–Trinajstić information content (AvgIpc) is 2.23. The minimum atomic E-state index is 0.167. The Bertz CT molecular complexity index is 94.4. The molecule has 0 aromatic heterocycles. The molecule has 0 rings (SSSR count). The molecule has 0 aromatic carbocycles. The fourth-order valence-electron chi connectivity index (χ4n) is 0. The van der Waals surface area contributed by atoms with Gasteiger partial charge in [0.2, 0.25) is 0 Å². The van der Waals surface area contributed by atoms with Crippen LogP contribution in [-0.4, -0.2) is 25.7 Å². The van der Waals surface area contributed by atoms with Crippen LogP contribution in [0, 0.1) is 0 Å². The second-order valence-electron chi connectivity index (χ2n) is 3.23. The van der Waals surface area contributed by atoms with Gasteiger partial charge in [0.15, 0.2) is 0 Å². The average molecular weight is 266 g/mol. The van der Waals surface area contributed by atoms with E-state index < -0.39 is 0 Å². The molecular formula is C14H38N2O2. The summed E-state index contributed by atoms with van der Waals surface area (Å²) in [6.45, 7) is 14.6. The summed E-state index contributed by atoms with van der Waals surface area (Å²) in [4.78, 5) is 18.9. The standard InChI is InChI=1S/2C3H6O.2C3H8.2CH5N/c2*1-3(2)4;2*1-3-2;2*1-2/h2*1-2H3;2*3H2,1-2H3;2*2H2,1H3. The zero-order chi connectivity index (χ0) is 16.6. The van der Waals surface area contributed by atoms with E-state index in [1.807, 2.05) is 0 Å². The third-order valence-electron chi connectivity index (χ3n) is 0. The van der Waals surface area contributed by atoms with Gasteiger partial charge in [-0.15, -0.1) is 0 Å². The molecular weight excluding hydrogens is 228 g/mol. The highest BCUT2D eigenvalue weighted by Gasteiger charge is 1.62. The molecule has 0 radical (unpaired) electrons. The van der Waals surface area contributed by atoms with Crippen LogP contribution in [0.15, 0.2) is 0 Å². The van der Waals surface area contributed by atoms with E-state index in [0.29, 0.717) is 0 Å². The zero-order valence-electron chi connectivity index (χ0n) is 14.4. The van der Waals surface area contributed by atoms with Crippen molar-refractivity contribution in [3.8, 4) is 0 Å².